The van der Waals surface area contributed by atoms with Crippen molar-refractivity contribution in [3.05, 3.63) is 75.3 Å². The lowest BCUT2D eigenvalue weighted by Gasteiger charge is -2.23. The van der Waals surface area contributed by atoms with E-state index in [1.165, 1.54) is 25.4 Å². The van der Waals surface area contributed by atoms with Crippen LogP contribution in [-0.4, -0.2) is 31.3 Å². The summed E-state index contributed by atoms with van der Waals surface area (Å²) < 4.78 is 18.5. The molecule has 1 N–H and O–H groups in total. The van der Waals surface area contributed by atoms with Crippen LogP contribution in [0.1, 0.15) is 11.1 Å². The molecule has 1 amide bonds. The normalized spacial score (nSPS) is 11.1. The van der Waals surface area contributed by atoms with E-state index >= 15 is 0 Å². The van der Waals surface area contributed by atoms with Crippen LogP contribution in [0, 0.1) is 12.7 Å². The number of hydrogen-bond donors (Lipinski definition) is 1. The number of halogens is 3. The maximum atomic E-state index is 13.4. The summed E-state index contributed by atoms with van der Waals surface area (Å²) in [4.78, 5) is 17.0. The number of rotatable bonds is 8. The van der Waals surface area contributed by atoms with Crippen LogP contribution in [0.2, 0.25) is 10.0 Å². The van der Waals surface area contributed by atoms with Crippen LogP contribution in [-0.2, 0) is 16.1 Å². The van der Waals surface area contributed by atoms with Gasteiger partial charge in [-0.05, 0) is 49.0 Å². The van der Waals surface area contributed by atoms with E-state index in [2.05, 4.69) is 17.0 Å². The Morgan fingerprint density at radius 3 is 2.71 bits per heavy atom. The zero-order valence-electron chi connectivity index (χ0n) is 15.5. The van der Waals surface area contributed by atoms with E-state index in [1.807, 2.05) is 13.0 Å². The number of benzene rings is 2. The van der Waals surface area contributed by atoms with Gasteiger partial charge in [-0.1, -0.05) is 35.3 Å². The number of nitrogens with zero attached hydrogens (tertiary/aromatic N) is 2. The lowest BCUT2D eigenvalue weighted by Crippen LogP contribution is -2.26. The molecule has 0 aromatic heterocycles. The van der Waals surface area contributed by atoms with E-state index in [9.17, 15) is 9.18 Å². The molecular formula is C20H20Cl2FN3O2. The maximum Gasteiger partial charge on any atom is 0.312 e. The summed E-state index contributed by atoms with van der Waals surface area (Å²) in [6.45, 7) is 5.83. The minimum Gasteiger partial charge on any atom is -0.490 e. The summed E-state index contributed by atoms with van der Waals surface area (Å²) in [5, 5.41) is 3.89. The van der Waals surface area contributed by atoms with Gasteiger partial charge in [-0.2, -0.15) is 0 Å². The van der Waals surface area contributed by atoms with E-state index in [0.29, 0.717) is 18.2 Å². The minimum absolute atomic E-state index is 0.0211. The molecule has 0 saturated carbocycles. The van der Waals surface area contributed by atoms with Crippen molar-refractivity contribution >= 4 is 41.5 Å². The molecule has 0 spiro atoms. The lowest BCUT2D eigenvalue weighted by atomic mass is 10.2. The van der Waals surface area contributed by atoms with E-state index in [1.54, 1.807) is 23.1 Å². The number of carbonyl (C=O) groups excluding carboxylic acids is 1. The Morgan fingerprint density at radius 1 is 1.32 bits per heavy atom. The van der Waals surface area contributed by atoms with Gasteiger partial charge in [0.15, 0.2) is 0 Å². The molecule has 0 fully saturated rings. The molecule has 0 heterocycles. The molecule has 0 bridgehead atoms. The summed E-state index contributed by atoms with van der Waals surface area (Å²) in [7, 11) is 1.37. The summed E-state index contributed by atoms with van der Waals surface area (Å²) in [6.07, 6.45) is 1.52. The van der Waals surface area contributed by atoms with Crippen LogP contribution in [0.25, 0.3) is 0 Å². The number of nitrogens with one attached hydrogen (secondary N) is 1. The van der Waals surface area contributed by atoms with Crippen molar-refractivity contribution in [1.82, 2.24) is 4.90 Å². The van der Waals surface area contributed by atoms with Crippen LogP contribution in [0.15, 0.2) is 53.3 Å². The predicted molar refractivity (Wildman–Crippen MR) is 111 cm³/mol. The average molecular weight is 424 g/mol. The number of methoxy groups -OCH3 is 1. The minimum atomic E-state index is -0.594. The molecule has 28 heavy (non-hydrogen) atoms. The Morgan fingerprint density at radius 2 is 2.07 bits per heavy atom. The van der Waals surface area contributed by atoms with Crippen LogP contribution >= 0.6 is 23.2 Å². The van der Waals surface area contributed by atoms with Gasteiger partial charge < -0.3 is 15.0 Å². The average Bonchev–Trinajstić information content (AvgIpc) is 2.68. The van der Waals surface area contributed by atoms with Crippen LogP contribution in [0.5, 0.6) is 0 Å². The molecule has 2 aromatic rings. The molecule has 148 valence electrons. The monoisotopic (exact) mass is 423 g/mol. The second-order valence-corrected chi connectivity index (χ2v) is 6.79. The number of carbonyl (C=O) groups is 1. The summed E-state index contributed by atoms with van der Waals surface area (Å²) >= 11 is 11.9. The Labute approximate surface area is 173 Å². The first kappa shape index (κ1) is 21.7. The van der Waals surface area contributed by atoms with Crippen molar-refractivity contribution in [3.8, 4) is 0 Å². The highest BCUT2D eigenvalue weighted by molar-refractivity contribution is 6.31. The quantitative estimate of drug-likeness (QED) is 0.280. The first-order chi connectivity index (χ1) is 13.3. The van der Waals surface area contributed by atoms with E-state index < -0.39 is 11.7 Å². The Bertz CT molecular complexity index is 903. The van der Waals surface area contributed by atoms with Gasteiger partial charge in [0.05, 0.1) is 18.8 Å². The molecule has 0 radical (unpaired) electrons. The number of aryl methyl sites for hydroxylation is 1. The second-order valence-electron chi connectivity index (χ2n) is 5.95. The fourth-order valence-corrected chi connectivity index (χ4v) is 2.81. The molecule has 8 heteroatoms. The highest BCUT2D eigenvalue weighted by Crippen LogP contribution is 2.21. The van der Waals surface area contributed by atoms with Crippen molar-refractivity contribution in [2.24, 2.45) is 4.99 Å². The molecule has 0 aliphatic carbocycles. The van der Waals surface area contributed by atoms with E-state index in [4.69, 9.17) is 27.9 Å². The first-order valence-electron chi connectivity index (χ1n) is 8.29. The van der Waals surface area contributed by atoms with Gasteiger partial charge in [0.2, 0.25) is 5.76 Å². The van der Waals surface area contributed by atoms with Crippen LogP contribution in [0.4, 0.5) is 10.1 Å². The highest BCUT2D eigenvalue weighted by atomic mass is 35.5. The Hall–Kier alpha value is -2.57. The maximum absolute atomic E-state index is 13.4. The zero-order valence-corrected chi connectivity index (χ0v) is 17.0. The molecule has 0 aliphatic heterocycles. The van der Waals surface area contributed by atoms with Gasteiger partial charge in [0.1, 0.15) is 5.82 Å². The van der Waals surface area contributed by atoms with Crippen molar-refractivity contribution in [2.45, 2.75) is 13.5 Å². The third-order valence-corrected chi connectivity index (χ3v) is 4.44. The summed E-state index contributed by atoms with van der Waals surface area (Å²) in [6, 6.07) is 9.95. The van der Waals surface area contributed by atoms with Crippen LogP contribution < -0.4 is 5.32 Å². The zero-order chi connectivity index (χ0) is 20.7. The molecule has 0 atom stereocenters. The molecule has 0 saturated heterocycles. The van der Waals surface area contributed by atoms with Gasteiger partial charge in [-0.15, -0.1) is 0 Å². The van der Waals surface area contributed by atoms with Gasteiger partial charge in [-0.3, -0.25) is 4.79 Å². The number of hydrogen-bond acceptors (Lipinski definition) is 4. The molecule has 2 rings (SSSR count). The Balaban J connectivity index is 2.27. The molecule has 0 aliphatic rings. The van der Waals surface area contributed by atoms with Gasteiger partial charge in [-0.25, -0.2) is 9.38 Å². The van der Waals surface area contributed by atoms with Gasteiger partial charge >= 0.3 is 5.91 Å². The Kier molecular flexibility index (Phi) is 7.84. The number of aliphatic imine (C=N–C) groups is 1. The van der Waals surface area contributed by atoms with E-state index in [-0.39, 0.29) is 10.8 Å². The van der Waals surface area contributed by atoms with Crippen molar-refractivity contribution in [2.75, 3.05) is 19.1 Å². The smallest absolute Gasteiger partial charge is 0.312 e. The van der Waals surface area contributed by atoms with Crippen molar-refractivity contribution in [1.29, 1.82) is 0 Å². The highest BCUT2D eigenvalue weighted by Gasteiger charge is 2.12. The van der Waals surface area contributed by atoms with E-state index in [0.717, 1.165) is 16.8 Å². The fraction of sp³-hybridized carbons (Fsp3) is 0.200. The third-order valence-electron chi connectivity index (χ3n) is 3.92. The molecule has 5 nitrogen and oxygen atoms in total. The SMILES string of the molecule is C=NC(=O)/C(=C\N(CNc1cc(Cl)ccc1C)Cc1ccc(F)c(Cl)c1)OC. The lowest BCUT2D eigenvalue weighted by molar-refractivity contribution is -0.117. The topological polar surface area (TPSA) is 53.9 Å². The second kappa shape index (κ2) is 10.1. The number of anilines is 1. The number of ether oxygens (including phenoxy) is 1. The van der Waals surface area contributed by atoms with Gasteiger partial charge in [0, 0.05) is 23.5 Å². The molecule has 0 unspecified atom stereocenters. The van der Waals surface area contributed by atoms with Crippen molar-refractivity contribution < 1.29 is 13.9 Å². The van der Waals surface area contributed by atoms with Crippen LogP contribution in [0.3, 0.4) is 0 Å². The standard InChI is InChI=1S/C20H20Cl2FN3O2/c1-13-4-6-15(21)9-18(13)25-12-26(11-19(28-3)20(27)24-2)10-14-5-7-17(23)16(22)8-14/h4-9,11,25H,2,10,12H2,1,3H3/b19-11+. The third kappa shape index (κ3) is 5.97. The summed E-state index contributed by atoms with van der Waals surface area (Å²) in [5.41, 5.74) is 2.60. The van der Waals surface area contributed by atoms with Crippen molar-refractivity contribution in [3.63, 3.8) is 0 Å². The fourth-order valence-electron chi connectivity index (χ4n) is 2.43. The molecular weight excluding hydrogens is 404 g/mol. The molecule has 2 aromatic carbocycles. The van der Waals surface area contributed by atoms with Gasteiger partial charge in [0.25, 0.3) is 0 Å². The number of amides is 1. The first-order valence-corrected chi connectivity index (χ1v) is 9.04. The predicted octanol–water partition coefficient (Wildman–Crippen LogP) is 5.03. The summed E-state index contributed by atoms with van der Waals surface area (Å²) in [5.74, 6) is -1.07. The largest absolute Gasteiger partial charge is 0.490 e.